The van der Waals surface area contributed by atoms with E-state index in [1.165, 1.54) is 4.90 Å². The lowest BCUT2D eigenvalue weighted by Gasteiger charge is -2.29. The van der Waals surface area contributed by atoms with E-state index in [9.17, 15) is 18.0 Å². The van der Waals surface area contributed by atoms with Crippen LogP contribution in [0.1, 0.15) is 20.3 Å². The molecule has 2 amide bonds. The average molecular weight is 292 g/mol. The zero-order valence-electron chi connectivity index (χ0n) is 11.2. The lowest BCUT2D eigenvalue weighted by molar-refractivity contribution is -0.147. The summed E-state index contributed by atoms with van der Waals surface area (Å²) in [5, 5.41) is 11.6. The van der Waals surface area contributed by atoms with Crippen LogP contribution < -0.4 is 5.32 Å². The van der Waals surface area contributed by atoms with Gasteiger partial charge >= 0.3 is 12.0 Å². The number of sulfone groups is 1. The maximum atomic E-state index is 11.8. The molecule has 2 N–H and O–H groups in total. The molecule has 1 rings (SSSR count). The summed E-state index contributed by atoms with van der Waals surface area (Å²) in [4.78, 5) is 24.3. The molecule has 1 fully saturated rings. The molecular formula is C11H20N2O5S. The Morgan fingerprint density at radius 3 is 2.26 bits per heavy atom. The van der Waals surface area contributed by atoms with Gasteiger partial charge in [-0.15, -0.1) is 0 Å². The lowest BCUT2D eigenvalue weighted by atomic mass is 9.88. The molecule has 1 aliphatic rings. The van der Waals surface area contributed by atoms with Gasteiger partial charge in [-0.2, -0.15) is 0 Å². The molecule has 1 saturated heterocycles. The number of aliphatic carboxylic acids is 1. The summed E-state index contributed by atoms with van der Waals surface area (Å²) in [6.45, 7) is 3.65. The van der Waals surface area contributed by atoms with Gasteiger partial charge in [0.05, 0.1) is 16.9 Å². The predicted molar refractivity (Wildman–Crippen MR) is 69.7 cm³/mol. The van der Waals surface area contributed by atoms with Crippen LogP contribution in [0, 0.1) is 5.41 Å². The van der Waals surface area contributed by atoms with Gasteiger partial charge in [0.1, 0.15) is 0 Å². The molecule has 19 heavy (non-hydrogen) atoms. The maximum Gasteiger partial charge on any atom is 0.317 e. The minimum Gasteiger partial charge on any atom is -0.481 e. The zero-order chi connectivity index (χ0) is 14.7. The molecule has 0 spiro atoms. The van der Waals surface area contributed by atoms with E-state index in [0.717, 1.165) is 0 Å². The standard InChI is InChI=1S/C11H20N2O5S/c1-3-11(2,9(14)15)8-12-10(16)13-4-6-19(17,18)7-5-13/h3-8H2,1-2H3,(H,12,16)(H,14,15). The van der Waals surface area contributed by atoms with E-state index in [0.29, 0.717) is 6.42 Å². The fourth-order valence-corrected chi connectivity index (χ4v) is 2.85. The first-order chi connectivity index (χ1) is 8.70. The largest absolute Gasteiger partial charge is 0.481 e. The zero-order valence-corrected chi connectivity index (χ0v) is 12.0. The Morgan fingerprint density at radius 2 is 1.84 bits per heavy atom. The number of nitrogens with one attached hydrogen (secondary N) is 1. The average Bonchev–Trinajstić information content (AvgIpc) is 2.35. The third-order valence-electron chi connectivity index (χ3n) is 3.56. The van der Waals surface area contributed by atoms with Gasteiger partial charge in [0, 0.05) is 19.6 Å². The Labute approximate surface area is 112 Å². The van der Waals surface area contributed by atoms with Crippen molar-refractivity contribution in [3.05, 3.63) is 0 Å². The number of carbonyl (C=O) groups is 2. The number of carbonyl (C=O) groups excluding carboxylic acids is 1. The van der Waals surface area contributed by atoms with E-state index in [2.05, 4.69) is 5.32 Å². The van der Waals surface area contributed by atoms with E-state index in [4.69, 9.17) is 5.11 Å². The number of rotatable bonds is 4. The van der Waals surface area contributed by atoms with Crippen molar-refractivity contribution in [1.29, 1.82) is 0 Å². The van der Waals surface area contributed by atoms with Gasteiger partial charge in [0.15, 0.2) is 9.84 Å². The van der Waals surface area contributed by atoms with Gasteiger partial charge < -0.3 is 15.3 Å². The second-order valence-corrected chi connectivity index (χ2v) is 7.32. The van der Waals surface area contributed by atoms with Gasteiger partial charge in [-0.25, -0.2) is 13.2 Å². The predicted octanol–water partition coefficient (Wildman–Crippen LogP) is -0.0727. The first-order valence-corrected chi connectivity index (χ1v) is 7.99. The fourth-order valence-electron chi connectivity index (χ4n) is 1.65. The summed E-state index contributed by atoms with van der Waals surface area (Å²) in [5.74, 6) is -1.04. The first-order valence-electron chi connectivity index (χ1n) is 6.17. The number of carboxylic acid groups (broad SMARTS) is 1. The highest BCUT2D eigenvalue weighted by Crippen LogP contribution is 2.20. The van der Waals surface area contributed by atoms with Crippen LogP contribution in [0.15, 0.2) is 0 Å². The highest BCUT2D eigenvalue weighted by molar-refractivity contribution is 7.91. The molecule has 1 aliphatic heterocycles. The summed E-state index contributed by atoms with van der Waals surface area (Å²) in [6, 6.07) is -0.407. The minimum absolute atomic E-state index is 0.0287. The van der Waals surface area contributed by atoms with Gasteiger partial charge in [-0.05, 0) is 13.3 Å². The van der Waals surface area contributed by atoms with Gasteiger partial charge in [0.25, 0.3) is 0 Å². The van der Waals surface area contributed by atoms with Crippen molar-refractivity contribution in [3.8, 4) is 0 Å². The summed E-state index contributed by atoms with van der Waals surface area (Å²) in [7, 11) is -3.03. The molecular weight excluding hydrogens is 272 g/mol. The number of amides is 2. The van der Waals surface area contributed by atoms with Crippen molar-refractivity contribution in [2.75, 3.05) is 31.1 Å². The molecule has 8 heteroatoms. The molecule has 1 unspecified atom stereocenters. The number of hydrogen-bond acceptors (Lipinski definition) is 4. The van der Waals surface area contributed by atoms with E-state index >= 15 is 0 Å². The van der Waals surface area contributed by atoms with Crippen LogP contribution in [0.25, 0.3) is 0 Å². The van der Waals surface area contributed by atoms with Crippen molar-refractivity contribution in [2.24, 2.45) is 5.41 Å². The summed E-state index contributed by atoms with van der Waals surface area (Å²) < 4.78 is 22.5. The Hall–Kier alpha value is -1.31. The van der Waals surface area contributed by atoms with Crippen LogP contribution in [0.3, 0.4) is 0 Å². The number of nitrogens with zero attached hydrogens (tertiary/aromatic N) is 1. The van der Waals surface area contributed by atoms with Gasteiger partial charge in [0.2, 0.25) is 0 Å². The number of urea groups is 1. The Morgan fingerprint density at radius 1 is 1.32 bits per heavy atom. The molecule has 0 bridgehead atoms. The second-order valence-electron chi connectivity index (χ2n) is 5.02. The van der Waals surface area contributed by atoms with Gasteiger partial charge in [-0.3, -0.25) is 4.79 Å². The molecule has 0 saturated carbocycles. The third-order valence-corrected chi connectivity index (χ3v) is 5.17. The first kappa shape index (κ1) is 15.7. The lowest BCUT2D eigenvalue weighted by Crippen LogP contribution is -2.51. The van der Waals surface area contributed by atoms with E-state index in [1.807, 2.05) is 0 Å². The van der Waals surface area contributed by atoms with Crippen LogP contribution in [0.5, 0.6) is 0 Å². The van der Waals surface area contributed by atoms with Crippen LogP contribution >= 0.6 is 0 Å². The SMILES string of the molecule is CCC(C)(CNC(=O)N1CCS(=O)(=O)CC1)C(=O)O. The van der Waals surface area contributed by atoms with Crippen LogP contribution in [0.2, 0.25) is 0 Å². The Balaban J connectivity index is 2.51. The molecule has 110 valence electrons. The summed E-state index contributed by atoms with van der Waals surface area (Å²) >= 11 is 0. The summed E-state index contributed by atoms with van der Waals surface area (Å²) in [6.07, 6.45) is 0.400. The van der Waals surface area contributed by atoms with E-state index in [-0.39, 0.29) is 31.1 Å². The van der Waals surface area contributed by atoms with Crippen molar-refractivity contribution < 1.29 is 23.1 Å². The van der Waals surface area contributed by atoms with Crippen LogP contribution in [0.4, 0.5) is 4.79 Å². The van der Waals surface area contributed by atoms with Crippen LogP contribution in [-0.2, 0) is 14.6 Å². The maximum absolute atomic E-state index is 11.8. The highest BCUT2D eigenvalue weighted by atomic mass is 32.2. The van der Waals surface area contributed by atoms with Gasteiger partial charge in [-0.1, -0.05) is 6.92 Å². The molecule has 0 aromatic heterocycles. The molecule has 0 aliphatic carbocycles. The third kappa shape index (κ3) is 4.09. The molecule has 1 atom stereocenters. The van der Waals surface area contributed by atoms with Crippen molar-refractivity contribution in [1.82, 2.24) is 10.2 Å². The molecule has 7 nitrogen and oxygen atoms in total. The quantitative estimate of drug-likeness (QED) is 0.754. The van der Waals surface area contributed by atoms with Crippen molar-refractivity contribution in [2.45, 2.75) is 20.3 Å². The smallest absolute Gasteiger partial charge is 0.317 e. The normalized spacial score (nSPS) is 21.5. The second kappa shape index (κ2) is 5.77. The molecule has 0 aromatic carbocycles. The highest BCUT2D eigenvalue weighted by Gasteiger charge is 2.32. The minimum atomic E-state index is -3.03. The number of hydrogen-bond donors (Lipinski definition) is 2. The molecule has 0 radical (unpaired) electrons. The molecule has 1 heterocycles. The van der Waals surface area contributed by atoms with Crippen molar-refractivity contribution >= 4 is 21.8 Å². The molecule has 0 aromatic rings. The Bertz CT molecular complexity index is 448. The van der Waals surface area contributed by atoms with E-state index in [1.54, 1.807) is 13.8 Å². The van der Waals surface area contributed by atoms with Crippen molar-refractivity contribution in [3.63, 3.8) is 0 Å². The van der Waals surface area contributed by atoms with Crippen LogP contribution in [-0.4, -0.2) is 61.6 Å². The summed E-state index contributed by atoms with van der Waals surface area (Å²) in [5.41, 5.74) is -1.00. The van der Waals surface area contributed by atoms with E-state index < -0.39 is 27.3 Å². The number of carboxylic acids is 1. The topological polar surface area (TPSA) is 104 Å². The Kier molecular flexibility index (Phi) is 4.78. The monoisotopic (exact) mass is 292 g/mol. The fraction of sp³-hybridized carbons (Fsp3) is 0.818.